The lowest BCUT2D eigenvalue weighted by Gasteiger charge is -2.17. The highest BCUT2D eigenvalue weighted by atomic mass is 79.9. The Morgan fingerprint density at radius 2 is 2.11 bits per heavy atom. The molecule has 0 aliphatic heterocycles. The number of ether oxygens (including phenoxy) is 1. The lowest BCUT2D eigenvalue weighted by Crippen LogP contribution is -2.11. The quantitative estimate of drug-likeness (QED) is 0.826. The second kappa shape index (κ2) is 6.48. The summed E-state index contributed by atoms with van der Waals surface area (Å²) >= 11 is 5.01. The van der Waals surface area contributed by atoms with Crippen molar-refractivity contribution in [3.8, 4) is 5.75 Å². The van der Waals surface area contributed by atoms with Crippen LogP contribution in [0.1, 0.15) is 31.1 Å². The molecule has 0 saturated heterocycles. The van der Waals surface area contributed by atoms with Crippen molar-refractivity contribution in [1.82, 2.24) is 0 Å². The molecule has 1 N–H and O–H groups in total. The van der Waals surface area contributed by atoms with E-state index < -0.39 is 5.97 Å². The molecule has 0 aliphatic carbocycles. The van der Waals surface area contributed by atoms with Gasteiger partial charge in [0, 0.05) is 15.0 Å². The molecule has 18 heavy (non-hydrogen) atoms. The molecular formula is C13H17BrO3S. The third kappa shape index (κ3) is 5.31. The highest BCUT2D eigenvalue weighted by Gasteiger charge is 2.11. The first-order valence-electron chi connectivity index (χ1n) is 5.59. The van der Waals surface area contributed by atoms with E-state index in [1.807, 2.05) is 11.8 Å². The summed E-state index contributed by atoms with van der Waals surface area (Å²) in [7, 11) is 0. The fraction of sp³-hybridized carbons (Fsp3) is 0.462. The summed E-state index contributed by atoms with van der Waals surface area (Å²) in [5.41, 5.74) is 0.218. The van der Waals surface area contributed by atoms with Crippen LogP contribution in [0.4, 0.5) is 0 Å². The Labute approximate surface area is 120 Å². The van der Waals surface area contributed by atoms with Gasteiger partial charge in [-0.15, -0.1) is 0 Å². The van der Waals surface area contributed by atoms with Gasteiger partial charge in [-0.25, -0.2) is 4.79 Å². The van der Waals surface area contributed by atoms with E-state index in [-0.39, 0.29) is 10.3 Å². The highest BCUT2D eigenvalue weighted by molar-refractivity contribution is 9.10. The van der Waals surface area contributed by atoms with Gasteiger partial charge in [0.15, 0.2) is 0 Å². The van der Waals surface area contributed by atoms with E-state index in [0.29, 0.717) is 16.8 Å². The van der Waals surface area contributed by atoms with Crippen molar-refractivity contribution >= 4 is 33.7 Å². The van der Waals surface area contributed by atoms with E-state index in [4.69, 9.17) is 9.84 Å². The maximum atomic E-state index is 10.9. The summed E-state index contributed by atoms with van der Waals surface area (Å²) in [6.45, 7) is 7.03. The fourth-order valence-electron chi connectivity index (χ4n) is 1.27. The highest BCUT2D eigenvalue weighted by Crippen LogP contribution is 2.25. The Balaban J connectivity index is 2.53. The third-order valence-electron chi connectivity index (χ3n) is 2.06. The largest absolute Gasteiger partial charge is 0.493 e. The summed E-state index contributed by atoms with van der Waals surface area (Å²) in [6, 6.07) is 4.99. The average Bonchev–Trinajstić information content (AvgIpc) is 2.24. The lowest BCUT2D eigenvalue weighted by atomic mass is 10.2. The van der Waals surface area contributed by atoms with Crippen LogP contribution >= 0.6 is 27.7 Å². The van der Waals surface area contributed by atoms with Crippen LogP contribution in [-0.2, 0) is 0 Å². The summed E-state index contributed by atoms with van der Waals surface area (Å²) in [5, 5.41) is 8.98. The Hall–Kier alpha value is -0.680. The molecule has 3 nitrogen and oxygen atoms in total. The van der Waals surface area contributed by atoms with Crippen molar-refractivity contribution in [2.75, 3.05) is 12.4 Å². The van der Waals surface area contributed by atoms with E-state index in [0.717, 1.165) is 5.75 Å². The zero-order valence-electron chi connectivity index (χ0n) is 10.7. The molecule has 0 bridgehead atoms. The van der Waals surface area contributed by atoms with Gasteiger partial charge in [0.1, 0.15) is 5.75 Å². The van der Waals surface area contributed by atoms with Crippen LogP contribution in [0, 0.1) is 0 Å². The standard InChI is InChI=1S/C13H17BrO3S/c1-13(2,3)18-7-6-17-9-4-5-11(14)10(8-9)12(15)16/h4-5,8H,6-7H2,1-3H3,(H,15,16). The van der Waals surface area contributed by atoms with Crippen molar-refractivity contribution < 1.29 is 14.6 Å². The van der Waals surface area contributed by atoms with Gasteiger partial charge in [0.25, 0.3) is 0 Å². The van der Waals surface area contributed by atoms with Crippen LogP contribution in [0.5, 0.6) is 5.75 Å². The van der Waals surface area contributed by atoms with E-state index in [9.17, 15) is 4.79 Å². The minimum Gasteiger partial charge on any atom is -0.493 e. The Kier molecular flexibility index (Phi) is 5.53. The van der Waals surface area contributed by atoms with Crippen molar-refractivity contribution in [3.63, 3.8) is 0 Å². The van der Waals surface area contributed by atoms with Gasteiger partial charge < -0.3 is 9.84 Å². The maximum absolute atomic E-state index is 10.9. The average molecular weight is 333 g/mol. The van der Waals surface area contributed by atoms with Crippen LogP contribution in [0.25, 0.3) is 0 Å². The Morgan fingerprint density at radius 3 is 2.67 bits per heavy atom. The minimum absolute atomic E-state index is 0.218. The van der Waals surface area contributed by atoms with Gasteiger partial charge in [-0.1, -0.05) is 20.8 Å². The predicted molar refractivity (Wildman–Crippen MR) is 78.8 cm³/mol. The summed E-state index contributed by atoms with van der Waals surface area (Å²) in [5.74, 6) is 0.503. The van der Waals surface area contributed by atoms with Gasteiger partial charge >= 0.3 is 5.97 Å². The predicted octanol–water partition coefficient (Wildman–Crippen LogP) is 4.06. The van der Waals surface area contributed by atoms with Gasteiger partial charge in [-0.05, 0) is 34.1 Å². The minimum atomic E-state index is -0.962. The monoisotopic (exact) mass is 332 g/mol. The Bertz CT molecular complexity index is 427. The fourth-order valence-corrected chi connectivity index (χ4v) is 2.46. The molecule has 0 spiro atoms. The first-order valence-corrected chi connectivity index (χ1v) is 7.37. The topological polar surface area (TPSA) is 46.5 Å². The van der Waals surface area contributed by atoms with Gasteiger partial charge in [-0.2, -0.15) is 11.8 Å². The summed E-state index contributed by atoms with van der Waals surface area (Å²) in [6.07, 6.45) is 0. The number of carboxylic acids is 1. The lowest BCUT2D eigenvalue weighted by molar-refractivity contribution is 0.0695. The van der Waals surface area contributed by atoms with Crippen LogP contribution in [-0.4, -0.2) is 28.2 Å². The molecule has 1 aromatic rings. The molecule has 100 valence electrons. The number of halogens is 1. The summed E-state index contributed by atoms with van der Waals surface area (Å²) in [4.78, 5) is 10.9. The molecule has 0 aliphatic rings. The smallest absolute Gasteiger partial charge is 0.336 e. The molecular weight excluding hydrogens is 316 g/mol. The van der Waals surface area contributed by atoms with Crippen molar-refractivity contribution in [1.29, 1.82) is 0 Å². The molecule has 0 fully saturated rings. The van der Waals surface area contributed by atoms with E-state index in [2.05, 4.69) is 36.7 Å². The molecule has 0 radical (unpaired) electrons. The molecule has 0 unspecified atom stereocenters. The van der Waals surface area contributed by atoms with Gasteiger partial charge in [0.2, 0.25) is 0 Å². The van der Waals surface area contributed by atoms with Crippen molar-refractivity contribution in [2.45, 2.75) is 25.5 Å². The number of carboxylic acid groups (broad SMARTS) is 1. The van der Waals surface area contributed by atoms with Crippen molar-refractivity contribution in [3.05, 3.63) is 28.2 Å². The molecule has 1 aromatic carbocycles. The first kappa shape index (κ1) is 15.4. The molecule has 0 saturated carbocycles. The molecule has 0 atom stereocenters. The van der Waals surface area contributed by atoms with Crippen LogP contribution < -0.4 is 4.74 Å². The second-order valence-electron chi connectivity index (χ2n) is 4.76. The first-order chi connectivity index (χ1) is 8.29. The zero-order valence-corrected chi connectivity index (χ0v) is 13.1. The van der Waals surface area contributed by atoms with Crippen LogP contribution in [0.15, 0.2) is 22.7 Å². The van der Waals surface area contributed by atoms with E-state index in [1.54, 1.807) is 12.1 Å². The molecule has 0 heterocycles. The zero-order chi connectivity index (χ0) is 13.8. The SMILES string of the molecule is CC(C)(C)SCCOc1ccc(Br)c(C(=O)O)c1. The van der Waals surface area contributed by atoms with Crippen LogP contribution in [0.3, 0.4) is 0 Å². The molecule has 0 aromatic heterocycles. The summed E-state index contributed by atoms with van der Waals surface area (Å²) < 4.78 is 6.32. The Morgan fingerprint density at radius 1 is 1.44 bits per heavy atom. The maximum Gasteiger partial charge on any atom is 0.336 e. The second-order valence-corrected chi connectivity index (χ2v) is 7.53. The number of aromatic carboxylic acids is 1. The third-order valence-corrected chi connectivity index (χ3v) is 3.98. The number of rotatable bonds is 5. The number of thioether (sulfide) groups is 1. The number of benzene rings is 1. The number of hydrogen-bond acceptors (Lipinski definition) is 3. The molecule has 5 heteroatoms. The van der Waals surface area contributed by atoms with Crippen LogP contribution in [0.2, 0.25) is 0 Å². The molecule has 1 rings (SSSR count). The van der Waals surface area contributed by atoms with Gasteiger partial charge in [0.05, 0.1) is 12.2 Å². The normalized spacial score (nSPS) is 11.3. The molecule has 0 amide bonds. The number of hydrogen-bond donors (Lipinski definition) is 1. The van der Waals surface area contributed by atoms with E-state index in [1.165, 1.54) is 6.07 Å². The van der Waals surface area contributed by atoms with Crippen molar-refractivity contribution in [2.24, 2.45) is 0 Å². The van der Waals surface area contributed by atoms with E-state index >= 15 is 0 Å². The van der Waals surface area contributed by atoms with Gasteiger partial charge in [-0.3, -0.25) is 0 Å². The number of carbonyl (C=O) groups is 1.